The average Bonchev–Trinajstić information content (AvgIpc) is 2.36. The molecule has 1 aromatic heterocycles. The molecule has 0 aliphatic rings. The predicted octanol–water partition coefficient (Wildman–Crippen LogP) is 1.28. The third-order valence-electron chi connectivity index (χ3n) is 1.56. The van der Waals surface area contributed by atoms with Gasteiger partial charge in [0.1, 0.15) is 6.29 Å². The van der Waals surface area contributed by atoms with Crippen molar-refractivity contribution in [3.8, 4) is 0 Å². The van der Waals surface area contributed by atoms with Gasteiger partial charge < -0.3 is 4.79 Å². The average molecular weight is 166 g/mol. The minimum atomic E-state index is 0.470. The van der Waals surface area contributed by atoms with Gasteiger partial charge in [-0.15, -0.1) is 0 Å². The fraction of sp³-hybridized carbons (Fsp3) is 0.556. The number of aromatic nitrogens is 2. The van der Waals surface area contributed by atoms with Crippen LogP contribution in [-0.4, -0.2) is 16.1 Å². The standard InChI is InChI=1S/C9H14N2O/c1-8(2)6-11-7-9(3-4-12)5-10-11/h4-5,7-8H,3,6H2,1-2H3. The number of nitrogens with zero attached hydrogens (tertiary/aromatic N) is 2. The highest BCUT2D eigenvalue weighted by Crippen LogP contribution is 2.01. The third-order valence-corrected chi connectivity index (χ3v) is 1.56. The van der Waals surface area contributed by atoms with Crippen molar-refractivity contribution < 1.29 is 4.79 Å². The van der Waals surface area contributed by atoms with Crippen molar-refractivity contribution in [3.05, 3.63) is 18.0 Å². The van der Waals surface area contributed by atoms with Gasteiger partial charge in [0.15, 0.2) is 0 Å². The molecular formula is C9H14N2O. The summed E-state index contributed by atoms with van der Waals surface area (Å²) < 4.78 is 1.88. The van der Waals surface area contributed by atoms with E-state index in [1.807, 2.05) is 10.9 Å². The molecule has 0 saturated heterocycles. The SMILES string of the molecule is CC(C)Cn1cc(CC=O)cn1. The first-order valence-corrected chi connectivity index (χ1v) is 4.17. The molecule has 0 aliphatic heterocycles. The van der Waals surface area contributed by atoms with Crippen molar-refractivity contribution in [2.24, 2.45) is 5.92 Å². The van der Waals surface area contributed by atoms with Gasteiger partial charge in [0.05, 0.1) is 6.20 Å². The molecule has 0 atom stereocenters. The Hall–Kier alpha value is -1.12. The Labute approximate surface area is 72.4 Å². The molecule has 1 heterocycles. The van der Waals surface area contributed by atoms with Crippen molar-refractivity contribution >= 4 is 6.29 Å². The van der Waals surface area contributed by atoms with E-state index in [-0.39, 0.29) is 0 Å². The maximum absolute atomic E-state index is 10.2. The van der Waals surface area contributed by atoms with Crippen LogP contribution in [0.2, 0.25) is 0 Å². The summed E-state index contributed by atoms with van der Waals surface area (Å²) in [6, 6.07) is 0. The molecule has 3 heteroatoms. The van der Waals surface area contributed by atoms with Crippen LogP contribution in [0.4, 0.5) is 0 Å². The van der Waals surface area contributed by atoms with E-state index in [4.69, 9.17) is 0 Å². The zero-order chi connectivity index (χ0) is 8.97. The van der Waals surface area contributed by atoms with E-state index < -0.39 is 0 Å². The van der Waals surface area contributed by atoms with Gasteiger partial charge in [-0.25, -0.2) is 0 Å². The number of rotatable bonds is 4. The summed E-state index contributed by atoms with van der Waals surface area (Å²) in [5, 5.41) is 4.13. The van der Waals surface area contributed by atoms with Crippen molar-refractivity contribution in [2.45, 2.75) is 26.8 Å². The molecule has 0 aromatic carbocycles. The Balaban J connectivity index is 2.57. The normalized spacial score (nSPS) is 10.6. The fourth-order valence-corrected chi connectivity index (χ4v) is 1.08. The highest BCUT2D eigenvalue weighted by atomic mass is 16.1. The highest BCUT2D eigenvalue weighted by molar-refractivity contribution is 5.54. The van der Waals surface area contributed by atoms with E-state index in [1.54, 1.807) is 6.20 Å². The van der Waals surface area contributed by atoms with Crippen molar-refractivity contribution in [1.29, 1.82) is 0 Å². The van der Waals surface area contributed by atoms with Crippen LogP contribution < -0.4 is 0 Å². The number of aldehydes is 1. The number of hydrogen-bond donors (Lipinski definition) is 0. The molecule has 0 fully saturated rings. The Morgan fingerprint density at radius 2 is 2.42 bits per heavy atom. The molecule has 0 saturated carbocycles. The van der Waals surface area contributed by atoms with Crippen LogP contribution in [0.1, 0.15) is 19.4 Å². The van der Waals surface area contributed by atoms with Crippen molar-refractivity contribution in [2.75, 3.05) is 0 Å². The minimum absolute atomic E-state index is 0.470. The summed E-state index contributed by atoms with van der Waals surface area (Å²) in [4.78, 5) is 10.2. The molecule has 66 valence electrons. The number of hydrogen-bond acceptors (Lipinski definition) is 2. The molecule has 0 N–H and O–H groups in total. The van der Waals surface area contributed by atoms with Crippen molar-refractivity contribution in [3.63, 3.8) is 0 Å². The van der Waals surface area contributed by atoms with Gasteiger partial charge in [0.25, 0.3) is 0 Å². The predicted molar refractivity (Wildman–Crippen MR) is 46.8 cm³/mol. The molecule has 3 nitrogen and oxygen atoms in total. The first-order chi connectivity index (χ1) is 5.72. The van der Waals surface area contributed by atoms with Gasteiger partial charge >= 0.3 is 0 Å². The van der Waals surface area contributed by atoms with Gasteiger partial charge in [-0.2, -0.15) is 5.10 Å². The Morgan fingerprint density at radius 3 is 3.00 bits per heavy atom. The van der Waals surface area contributed by atoms with Crippen LogP contribution in [0.3, 0.4) is 0 Å². The third kappa shape index (κ3) is 2.49. The number of carbonyl (C=O) groups is 1. The second-order valence-electron chi connectivity index (χ2n) is 3.34. The number of carbonyl (C=O) groups excluding carboxylic acids is 1. The van der Waals surface area contributed by atoms with Crippen LogP contribution >= 0.6 is 0 Å². The summed E-state index contributed by atoms with van der Waals surface area (Å²) in [7, 11) is 0. The lowest BCUT2D eigenvalue weighted by Crippen LogP contribution is -2.04. The first kappa shape index (κ1) is 8.97. The van der Waals surface area contributed by atoms with Crippen LogP contribution in [0, 0.1) is 5.92 Å². The molecule has 0 spiro atoms. The topological polar surface area (TPSA) is 34.9 Å². The molecule has 0 amide bonds. The van der Waals surface area contributed by atoms with Crippen LogP contribution in [0.25, 0.3) is 0 Å². The second kappa shape index (κ2) is 4.04. The summed E-state index contributed by atoms with van der Waals surface area (Å²) in [5.74, 6) is 0.592. The largest absolute Gasteiger partial charge is 0.303 e. The Morgan fingerprint density at radius 1 is 1.67 bits per heavy atom. The molecule has 0 radical (unpaired) electrons. The van der Waals surface area contributed by atoms with Gasteiger partial charge in [0.2, 0.25) is 0 Å². The molecule has 0 bridgehead atoms. The minimum Gasteiger partial charge on any atom is -0.303 e. The van der Waals surface area contributed by atoms with Crippen LogP contribution in [0.15, 0.2) is 12.4 Å². The summed E-state index contributed by atoms with van der Waals surface area (Å²) in [5.41, 5.74) is 0.991. The van der Waals surface area contributed by atoms with E-state index in [0.717, 1.165) is 18.4 Å². The molecule has 1 rings (SSSR count). The van der Waals surface area contributed by atoms with Gasteiger partial charge in [0, 0.05) is 19.2 Å². The van der Waals surface area contributed by atoms with E-state index in [0.29, 0.717) is 12.3 Å². The fourth-order valence-electron chi connectivity index (χ4n) is 1.08. The Bertz CT molecular complexity index is 253. The Kier molecular flexibility index (Phi) is 3.02. The maximum Gasteiger partial charge on any atom is 0.124 e. The summed E-state index contributed by atoms with van der Waals surface area (Å²) in [6.07, 6.45) is 5.04. The van der Waals surface area contributed by atoms with Gasteiger partial charge in [-0.1, -0.05) is 13.8 Å². The van der Waals surface area contributed by atoms with Gasteiger partial charge in [-0.3, -0.25) is 4.68 Å². The van der Waals surface area contributed by atoms with Crippen molar-refractivity contribution in [1.82, 2.24) is 9.78 Å². The summed E-state index contributed by atoms with van der Waals surface area (Å²) in [6.45, 7) is 5.20. The maximum atomic E-state index is 10.2. The highest BCUT2D eigenvalue weighted by Gasteiger charge is 1.99. The zero-order valence-corrected chi connectivity index (χ0v) is 7.53. The lowest BCUT2D eigenvalue weighted by atomic mass is 10.2. The lowest BCUT2D eigenvalue weighted by molar-refractivity contribution is -0.107. The van der Waals surface area contributed by atoms with Crippen LogP contribution in [0.5, 0.6) is 0 Å². The van der Waals surface area contributed by atoms with E-state index in [2.05, 4.69) is 18.9 Å². The lowest BCUT2D eigenvalue weighted by Gasteiger charge is -2.02. The van der Waals surface area contributed by atoms with E-state index in [9.17, 15) is 4.79 Å². The zero-order valence-electron chi connectivity index (χ0n) is 7.53. The second-order valence-corrected chi connectivity index (χ2v) is 3.34. The van der Waals surface area contributed by atoms with Gasteiger partial charge in [-0.05, 0) is 11.5 Å². The van der Waals surface area contributed by atoms with E-state index >= 15 is 0 Å². The first-order valence-electron chi connectivity index (χ1n) is 4.17. The molecule has 12 heavy (non-hydrogen) atoms. The van der Waals surface area contributed by atoms with Crippen LogP contribution in [-0.2, 0) is 17.8 Å². The molecule has 0 unspecified atom stereocenters. The molecule has 1 aromatic rings. The summed E-state index contributed by atoms with van der Waals surface area (Å²) >= 11 is 0. The van der Waals surface area contributed by atoms with E-state index in [1.165, 1.54) is 0 Å². The smallest absolute Gasteiger partial charge is 0.124 e. The quantitative estimate of drug-likeness (QED) is 0.631. The molecular weight excluding hydrogens is 152 g/mol. The molecule has 0 aliphatic carbocycles. The monoisotopic (exact) mass is 166 g/mol.